The van der Waals surface area contributed by atoms with Crippen LogP contribution < -0.4 is 5.46 Å². The smallest absolute Gasteiger partial charge is 0.477 e. The lowest BCUT2D eigenvalue weighted by Crippen LogP contribution is -2.32. The highest BCUT2D eigenvalue weighted by Gasteiger charge is 2.19. The van der Waals surface area contributed by atoms with E-state index >= 15 is 0 Å². The molecular formula is C7H6BNO6. The first kappa shape index (κ1) is 11.2. The molecule has 0 spiro atoms. The van der Waals surface area contributed by atoms with E-state index in [9.17, 15) is 9.59 Å². The Morgan fingerprint density at radius 1 is 1.07 bits per heavy atom. The van der Waals surface area contributed by atoms with E-state index in [1.807, 2.05) is 0 Å². The zero-order valence-corrected chi connectivity index (χ0v) is 7.28. The van der Waals surface area contributed by atoms with Gasteiger partial charge in [-0.05, 0) is 17.6 Å². The number of rotatable bonds is 3. The number of hydrogen-bond donors (Lipinski definition) is 4. The highest BCUT2D eigenvalue weighted by molar-refractivity contribution is 6.58. The third-order valence-electron chi connectivity index (χ3n) is 1.58. The van der Waals surface area contributed by atoms with Crippen molar-refractivity contribution in [1.29, 1.82) is 0 Å². The van der Waals surface area contributed by atoms with Crippen LogP contribution in [0.15, 0.2) is 12.1 Å². The summed E-state index contributed by atoms with van der Waals surface area (Å²) in [6.45, 7) is 0. The van der Waals surface area contributed by atoms with E-state index in [0.717, 1.165) is 12.1 Å². The van der Waals surface area contributed by atoms with E-state index in [4.69, 9.17) is 20.3 Å². The molecular weight excluding hydrogens is 205 g/mol. The van der Waals surface area contributed by atoms with Crippen LogP contribution in [0.3, 0.4) is 0 Å². The number of hydrogen-bond acceptors (Lipinski definition) is 5. The van der Waals surface area contributed by atoms with Gasteiger partial charge in [-0.1, -0.05) is 0 Å². The average Bonchev–Trinajstić information content (AvgIpc) is 2.16. The van der Waals surface area contributed by atoms with Crippen molar-refractivity contribution in [3.8, 4) is 0 Å². The van der Waals surface area contributed by atoms with E-state index < -0.39 is 30.4 Å². The van der Waals surface area contributed by atoms with Gasteiger partial charge in [0.1, 0.15) is 11.4 Å². The Hall–Kier alpha value is -1.93. The summed E-state index contributed by atoms with van der Waals surface area (Å²) in [4.78, 5) is 24.4. The molecule has 8 heteroatoms. The molecule has 7 nitrogen and oxygen atoms in total. The van der Waals surface area contributed by atoms with Crippen LogP contribution >= 0.6 is 0 Å². The quantitative estimate of drug-likeness (QED) is 0.432. The summed E-state index contributed by atoms with van der Waals surface area (Å²) >= 11 is 0. The largest absolute Gasteiger partial charge is 0.488 e. The van der Waals surface area contributed by atoms with Crippen LogP contribution in [0, 0.1) is 0 Å². The molecule has 0 radical (unpaired) electrons. The number of nitrogens with zero attached hydrogens (tertiary/aromatic N) is 1. The normalized spacial score (nSPS) is 9.73. The zero-order valence-electron chi connectivity index (χ0n) is 7.28. The fourth-order valence-corrected chi connectivity index (χ4v) is 0.920. The lowest BCUT2D eigenvalue weighted by atomic mass is 9.80. The van der Waals surface area contributed by atoms with Crippen LogP contribution in [0.1, 0.15) is 21.0 Å². The van der Waals surface area contributed by atoms with Gasteiger partial charge in [0.05, 0.1) is 0 Å². The number of carboxylic acid groups (broad SMARTS) is 2. The van der Waals surface area contributed by atoms with Crippen molar-refractivity contribution in [3.05, 3.63) is 23.5 Å². The summed E-state index contributed by atoms with van der Waals surface area (Å²) in [7, 11) is -1.94. The number of carbonyl (C=O) groups is 2. The Labute approximate surface area is 83.8 Å². The monoisotopic (exact) mass is 211 g/mol. The lowest BCUT2D eigenvalue weighted by Gasteiger charge is -2.02. The lowest BCUT2D eigenvalue weighted by molar-refractivity contribution is 0.0685. The van der Waals surface area contributed by atoms with Crippen LogP contribution in [0.4, 0.5) is 0 Å². The molecule has 78 valence electrons. The van der Waals surface area contributed by atoms with Gasteiger partial charge < -0.3 is 20.3 Å². The molecule has 0 aliphatic rings. The van der Waals surface area contributed by atoms with Gasteiger partial charge in [-0.15, -0.1) is 0 Å². The van der Waals surface area contributed by atoms with Crippen molar-refractivity contribution in [2.24, 2.45) is 0 Å². The van der Waals surface area contributed by atoms with Gasteiger partial charge in [-0.25, -0.2) is 14.6 Å². The summed E-state index contributed by atoms with van der Waals surface area (Å²) in [5.41, 5.74) is -1.35. The van der Waals surface area contributed by atoms with E-state index in [1.165, 1.54) is 0 Å². The second-order valence-corrected chi connectivity index (χ2v) is 2.65. The zero-order chi connectivity index (χ0) is 11.6. The first-order valence-corrected chi connectivity index (χ1v) is 3.76. The van der Waals surface area contributed by atoms with Crippen molar-refractivity contribution in [2.45, 2.75) is 0 Å². The minimum atomic E-state index is -1.94. The molecule has 0 saturated carbocycles. The second-order valence-electron chi connectivity index (χ2n) is 2.65. The number of aromatic carboxylic acids is 2. The predicted octanol–water partition coefficient (Wildman–Crippen LogP) is -1.84. The van der Waals surface area contributed by atoms with E-state index in [1.54, 1.807) is 0 Å². The summed E-state index contributed by atoms with van der Waals surface area (Å²) in [6.07, 6.45) is 0. The third kappa shape index (κ3) is 2.52. The van der Waals surface area contributed by atoms with Gasteiger partial charge in [-0.3, -0.25) is 0 Å². The van der Waals surface area contributed by atoms with E-state index in [2.05, 4.69) is 4.98 Å². The molecule has 0 atom stereocenters. The van der Waals surface area contributed by atoms with Crippen molar-refractivity contribution in [2.75, 3.05) is 0 Å². The molecule has 4 N–H and O–H groups in total. The van der Waals surface area contributed by atoms with Gasteiger partial charge in [-0.2, -0.15) is 0 Å². The van der Waals surface area contributed by atoms with Gasteiger partial charge >= 0.3 is 19.1 Å². The minimum Gasteiger partial charge on any atom is -0.477 e. The van der Waals surface area contributed by atoms with Crippen LogP contribution in [-0.2, 0) is 0 Å². The van der Waals surface area contributed by atoms with Crippen molar-refractivity contribution in [1.82, 2.24) is 4.98 Å². The van der Waals surface area contributed by atoms with Crippen molar-refractivity contribution in [3.63, 3.8) is 0 Å². The molecule has 0 amide bonds. The van der Waals surface area contributed by atoms with Crippen molar-refractivity contribution >= 4 is 24.5 Å². The van der Waals surface area contributed by atoms with Gasteiger partial charge in [0.25, 0.3) is 0 Å². The average molecular weight is 211 g/mol. The molecule has 1 aromatic heterocycles. The van der Waals surface area contributed by atoms with Crippen molar-refractivity contribution < 1.29 is 29.9 Å². The Balaban J connectivity index is 3.32. The molecule has 1 rings (SSSR count). The van der Waals surface area contributed by atoms with E-state index in [-0.39, 0.29) is 5.46 Å². The maximum absolute atomic E-state index is 10.5. The van der Waals surface area contributed by atoms with E-state index in [0.29, 0.717) is 0 Å². The summed E-state index contributed by atoms with van der Waals surface area (Å²) in [5.74, 6) is -2.89. The summed E-state index contributed by atoms with van der Waals surface area (Å²) in [6, 6.07) is 1.78. The maximum Gasteiger partial charge on any atom is 0.488 e. The molecule has 0 unspecified atom stereocenters. The fourth-order valence-electron chi connectivity index (χ4n) is 0.920. The number of pyridine rings is 1. The molecule has 0 bridgehead atoms. The topological polar surface area (TPSA) is 128 Å². The Bertz CT molecular complexity index is 386. The van der Waals surface area contributed by atoms with Gasteiger partial charge in [0.15, 0.2) is 0 Å². The van der Waals surface area contributed by atoms with Crippen LogP contribution in [0.25, 0.3) is 0 Å². The minimum absolute atomic E-state index is 0.236. The SMILES string of the molecule is O=C(O)c1cc(B(O)O)cc(C(=O)O)n1. The highest BCUT2D eigenvalue weighted by Crippen LogP contribution is 1.98. The number of aromatic nitrogens is 1. The number of carboxylic acids is 2. The molecule has 0 aromatic carbocycles. The van der Waals surface area contributed by atoms with Crippen LogP contribution in [-0.4, -0.2) is 44.3 Å². The molecule has 0 fully saturated rings. The first-order chi connectivity index (χ1) is 6.91. The highest BCUT2D eigenvalue weighted by atomic mass is 16.4. The summed E-state index contributed by atoms with van der Waals surface area (Å²) < 4.78 is 0. The Morgan fingerprint density at radius 2 is 1.47 bits per heavy atom. The standard InChI is InChI=1S/C7H6BNO6/c10-6(11)4-1-3(8(14)15)2-5(9-4)7(12)13/h1-2,14-15H,(H,10,11)(H,12,13). The summed E-state index contributed by atoms with van der Waals surface area (Å²) in [5, 5.41) is 34.7. The van der Waals surface area contributed by atoms with Crippen LogP contribution in [0.2, 0.25) is 0 Å². The van der Waals surface area contributed by atoms with Gasteiger partial charge in [0.2, 0.25) is 0 Å². The molecule has 1 aromatic rings. The Morgan fingerprint density at radius 3 is 1.73 bits per heavy atom. The Kier molecular flexibility index (Phi) is 3.03. The van der Waals surface area contributed by atoms with Gasteiger partial charge in [0, 0.05) is 0 Å². The molecule has 1 heterocycles. The predicted molar refractivity (Wildman–Crippen MR) is 48.0 cm³/mol. The third-order valence-corrected chi connectivity index (χ3v) is 1.58. The maximum atomic E-state index is 10.5. The molecule has 0 saturated heterocycles. The second kappa shape index (κ2) is 4.07. The molecule has 15 heavy (non-hydrogen) atoms. The molecule has 0 aliphatic carbocycles. The van der Waals surface area contributed by atoms with Crippen LogP contribution in [0.5, 0.6) is 0 Å². The molecule has 0 aliphatic heterocycles. The fraction of sp³-hybridized carbons (Fsp3) is 0. The first-order valence-electron chi connectivity index (χ1n) is 3.76.